The minimum atomic E-state index is -1.95. The summed E-state index contributed by atoms with van der Waals surface area (Å²) in [5.41, 5.74) is 6.70. The van der Waals surface area contributed by atoms with Gasteiger partial charge in [0.15, 0.2) is 12.2 Å². The van der Waals surface area contributed by atoms with Gasteiger partial charge in [-0.3, -0.25) is 9.59 Å². The van der Waals surface area contributed by atoms with Gasteiger partial charge in [0.25, 0.3) is 11.8 Å². The Morgan fingerprint density at radius 1 is 1.25 bits per heavy atom. The number of hydrogen-bond acceptors (Lipinski definition) is 5. The van der Waals surface area contributed by atoms with Crippen molar-refractivity contribution in [2.24, 2.45) is 0 Å². The average Bonchev–Trinajstić information content (AvgIpc) is 3.27. The van der Waals surface area contributed by atoms with Crippen LogP contribution < -0.4 is 11.1 Å². The summed E-state index contributed by atoms with van der Waals surface area (Å²) in [6.07, 6.45) is -2.46. The third kappa shape index (κ3) is 5.56. The summed E-state index contributed by atoms with van der Waals surface area (Å²) in [6.45, 7) is 0.247. The second kappa shape index (κ2) is 10.5. The molecule has 5 N–H and O–H groups in total. The number of aliphatic hydroxyl groups is 2. The molecule has 0 spiro atoms. The van der Waals surface area contributed by atoms with Crippen LogP contribution in [-0.2, 0) is 9.59 Å². The van der Waals surface area contributed by atoms with Crippen LogP contribution in [-0.4, -0.2) is 52.2 Å². The number of aliphatic hydroxyl groups excluding tert-OH is 2. The Kier molecular flexibility index (Phi) is 7.70. The van der Waals surface area contributed by atoms with Crippen molar-refractivity contribution in [2.45, 2.75) is 31.1 Å². The summed E-state index contributed by atoms with van der Waals surface area (Å²) < 4.78 is 13.2. The van der Waals surface area contributed by atoms with E-state index in [2.05, 4.69) is 17.2 Å². The zero-order valence-electron chi connectivity index (χ0n) is 17.1. The first-order valence-electron chi connectivity index (χ1n) is 10.0. The van der Waals surface area contributed by atoms with Crippen molar-refractivity contribution < 1.29 is 24.2 Å². The molecule has 0 aromatic heterocycles. The molecule has 1 saturated heterocycles. The van der Waals surface area contributed by atoms with Crippen LogP contribution >= 0.6 is 11.6 Å². The molecule has 7 nitrogen and oxygen atoms in total. The molecule has 168 valence electrons. The maximum Gasteiger partial charge on any atom is 0.255 e. The number of nitrogens with two attached hydrogens (primary N) is 1. The Hall–Kier alpha value is -3.12. The molecule has 2 aromatic carbocycles. The number of benzene rings is 2. The molecule has 0 bridgehead atoms. The lowest BCUT2D eigenvalue weighted by molar-refractivity contribution is -0.153. The van der Waals surface area contributed by atoms with E-state index in [9.17, 15) is 24.2 Å². The van der Waals surface area contributed by atoms with Gasteiger partial charge in [0.1, 0.15) is 5.82 Å². The normalized spacial score (nSPS) is 17.2. The monoisotopic (exact) mass is 459 g/mol. The van der Waals surface area contributed by atoms with Crippen LogP contribution in [0.15, 0.2) is 42.5 Å². The molecule has 2 amide bonds. The summed E-state index contributed by atoms with van der Waals surface area (Å²) in [5.74, 6) is 3.10. The van der Waals surface area contributed by atoms with E-state index >= 15 is 0 Å². The maximum absolute atomic E-state index is 13.2. The van der Waals surface area contributed by atoms with Crippen LogP contribution in [0.2, 0.25) is 5.02 Å². The van der Waals surface area contributed by atoms with Crippen molar-refractivity contribution in [3.8, 4) is 11.8 Å². The van der Waals surface area contributed by atoms with Crippen molar-refractivity contribution in [3.05, 3.63) is 64.4 Å². The Balaban J connectivity index is 1.57. The number of nitrogens with zero attached hydrogens (tertiary/aromatic N) is 1. The van der Waals surface area contributed by atoms with E-state index in [-0.39, 0.29) is 18.3 Å². The highest BCUT2D eigenvalue weighted by molar-refractivity contribution is 6.30. The lowest BCUT2D eigenvalue weighted by Gasteiger charge is -2.28. The van der Waals surface area contributed by atoms with Gasteiger partial charge in [-0.05, 0) is 48.7 Å². The number of carbonyl (C=O) groups excluding carboxylic acids is 2. The number of amides is 2. The molecule has 3 rings (SSSR count). The van der Waals surface area contributed by atoms with E-state index in [0.29, 0.717) is 23.6 Å². The molecule has 0 radical (unpaired) electrons. The second-order valence-corrected chi connectivity index (χ2v) is 7.83. The molecule has 1 unspecified atom stereocenters. The molecule has 0 aliphatic carbocycles. The van der Waals surface area contributed by atoms with E-state index < -0.39 is 29.8 Å². The first-order chi connectivity index (χ1) is 15.3. The molecule has 32 heavy (non-hydrogen) atoms. The molecule has 3 atom stereocenters. The second-order valence-electron chi connectivity index (χ2n) is 7.39. The summed E-state index contributed by atoms with van der Waals surface area (Å²) >= 11 is 6.04. The van der Waals surface area contributed by atoms with E-state index in [1.165, 1.54) is 23.1 Å². The van der Waals surface area contributed by atoms with Gasteiger partial charge in [-0.1, -0.05) is 35.6 Å². The van der Waals surface area contributed by atoms with Gasteiger partial charge >= 0.3 is 0 Å². The topological polar surface area (TPSA) is 116 Å². The molecule has 2 aromatic rings. The van der Waals surface area contributed by atoms with E-state index in [4.69, 9.17) is 17.3 Å². The predicted octanol–water partition coefficient (Wildman–Crippen LogP) is 1.61. The summed E-state index contributed by atoms with van der Waals surface area (Å²) in [4.78, 5) is 26.4. The fraction of sp³-hybridized carbons (Fsp3) is 0.304. The number of rotatable bonds is 5. The summed E-state index contributed by atoms with van der Waals surface area (Å²) in [5, 5.41) is 23.4. The Bertz CT molecular complexity index is 1070. The van der Waals surface area contributed by atoms with Crippen LogP contribution in [0.5, 0.6) is 0 Å². The van der Waals surface area contributed by atoms with Crippen LogP contribution in [0.25, 0.3) is 0 Å². The Morgan fingerprint density at radius 2 is 2.03 bits per heavy atom. The molecule has 1 aliphatic heterocycles. The fourth-order valence-electron chi connectivity index (χ4n) is 3.54. The number of halogens is 2. The van der Waals surface area contributed by atoms with Gasteiger partial charge < -0.3 is 26.2 Å². The lowest BCUT2D eigenvalue weighted by atomic mass is 10.0. The standard InChI is InChI=1S/C23H23ClFN3O4/c24-16-6-1-5-15(13-16)19-7-3-11-28(19)23(32)21(30)20(29)22(31)27-10-2-4-14-8-9-17(25)18(26)12-14/h1,5-6,8-9,12-13,19-21,29-30H,3,7,10-11,26H2,(H,27,31)/t19?,20-,21-/m1/s1. The maximum atomic E-state index is 13.2. The van der Waals surface area contributed by atoms with Crippen molar-refractivity contribution in [3.63, 3.8) is 0 Å². The zero-order valence-corrected chi connectivity index (χ0v) is 17.8. The van der Waals surface area contributed by atoms with E-state index in [1.54, 1.807) is 18.2 Å². The molecule has 9 heteroatoms. The van der Waals surface area contributed by atoms with Gasteiger partial charge in [0, 0.05) is 17.1 Å². The highest BCUT2D eigenvalue weighted by atomic mass is 35.5. The minimum absolute atomic E-state index is 0.0455. The smallest absolute Gasteiger partial charge is 0.255 e. The third-order valence-electron chi connectivity index (χ3n) is 5.17. The predicted molar refractivity (Wildman–Crippen MR) is 118 cm³/mol. The highest BCUT2D eigenvalue weighted by Crippen LogP contribution is 2.33. The SMILES string of the molecule is Nc1cc(C#CCNC(=O)[C@H](O)[C@@H](O)C(=O)N2CCCC2c2cccc(Cl)c2)ccc1F. The lowest BCUT2D eigenvalue weighted by Crippen LogP contribution is -2.50. The van der Waals surface area contributed by atoms with Crippen molar-refractivity contribution in [1.82, 2.24) is 10.2 Å². The van der Waals surface area contributed by atoms with Gasteiger partial charge in [-0.15, -0.1) is 0 Å². The van der Waals surface area contributed by atoms with Crippen molar-refractivity contribution in [2.75, 3.05) is 18.8 Å². The number of nitrogens with one attached hydrogen (secondary N) is 1. The van der Waals surface area contributed by atoms with Crippen LogP contribution in [0.1, 0.15) is 30.0 Å². The summed E-state index contributed by atoms with van der Waals surface area (Å²) in [6, 6.07) is 10.8. The average molecular weight is 460 g/mol. The zero-order chi connectivity index (χ0) is 23.3. The fourth-order valence-corrected chi connectivity index (χ4v) is 3.74. The van der Waals surface area contributed by atoms with Crippen molar-refractivity contribution in [1.29, 1.82) is 0 Å². The van der Waals surface area contributed by atoms with E-state index in [0.717, 1.165) is 12.0 Å². The number of anilines is 1. The first kappa shape index (κ1) is 23.5. The largest absolute Gasteiger partial charge is 0.396 e. The van der Waals surface area contributed by atoms with Gasteiger partial charge in [0.05, 0.1) is 18.3 Å². The number of likely N-dealkylation sites (tertiary alicyclic amines) is 1. The molecule has 1 heterocycles. The number of nitrogen functional groups attached to an aromatic ring is 1. The van der Waals surface area contributed by atoms with Gasteiger partial charge in [0.2, 0.25) is 0 Å². The van der Waals surface area contributed by atoms with Crippen molar-refractivity contribution >= 4 is 29.1 Å². The highest BCUT2D eigenvalue weighted by Gasteiger charge is 2.38. The first-order valence-corrected chi connectivity index (χ1v) is 10.4. The quantitative estimate of drug-likeness (QED) is 0.400. The minimum Gasteiger partial charge on any atom is -0.396 e. The molecule has 1 fully saturated rings. The van der Waals surface area contributed by atoms with E-state index in [1.807, 2.05) is 6.07 Å². The molecule has 0 saturated carbocycles. The number of hydrogen-bond donors (Lipinski definition) is 4. The van der Waals surface area contributed by atoms with Gasteiger partial charge in [-0.2, -0.15) is 0 Å². The third-order valence-corrected chi connectivity index (χ3v) is 5.40. The van der Waals surface area contributed by atoms with Crippen LogP contribution in [0.4, 0.5) is 10.1 Å². The molecular weight excluding hydrogens is 437 g/mol. The Labute approximate surface area is 190 Å². The molecular formula is C23H23ClFN3O4. The Morgan fingerprint density at radius 3 is 2.75 bits per heavy atom. The summed E-state index contributed by atoms with van der Waals surface area (Å²) in [7, 11) is 0. The molecule has 1 aliphatic rings. The van der Waals surface area contributed by atoms with Gasteiger partial charge in [-0.25, -0.2) is 4.39 Å². The van der Waals surface area contributed by atoms with Crippen LogP contribution in [0.3, 0.4) is 0 Å². The van der Waals surface area contributed by atoms with Crippen LogP contribution in [0, 0.1) is 17.7 Å². The number of carbonyl (C=O) groups is 2.